The molecule has 1 aliphatic heterocycles. The van der Waals surface area contributed by atoms with Crippen LogP contribution >= 0.6 is 0 Å². The number of ether oxygens (including phenoxy) is 5. The van der Waals surface area contributed by atoms with Crippen LogP contribution in [0.2, 0.25) is 0 Å². The van der Waals surface area contributed by atoms with Crippen LogP contribution in [0.1, 0.15) is 51.0 Å². The average molecular weight is 448 g/mol. The monoisotopic (exact) mass is 447 g/mol. The minimum Gasteiger partial charge on any atom is -0.496 e. The SMILES string of the molecule is COC(=O)[C@H](CC1CCCCC1)NCC1=Cc2c(OC)ccc(OC)c2OC1OC(C)=O. The summed E-state index contributed by atoms with van der Waals surface area (Å²) in [6.07, 6.45) is 7.54. The van der Waals surface area contributed by atoms with E-state index < -0.39 is 18.3 Å². The number of hydrogen-bond donors (Lipinski definition) is 1. The molecule has 0 amide bonds. The highest BCUT2D eigenvalue weighted by Crippen LogP contribution is 2.43. The van der Waals surface area contributed by atoms with Gasteiger partial charge >= 0.3 is 11.9 Å². The van der Waals surface area contributed by atoms with Crippen LogP contribution in [0.25, 0.3) is 6.08 Å². The highest BCUT2D eigenvalue weighted by Gasteiger charge is 2.31. The molecular formula is C24H33NO7. The zero-order valence-electron chi connectivity index (χ0n) is 19.3. The molecule has 3 rings (SSSR count). The molecule has 0 bridgehead atoms. The van der Waals surface area contributed by atoms with Gasteiger partial charge in [0.2, 0.25) is 0 Å². The number of nitrogens with one attached hydrogen (secondary N) is 1. The molecule has 1 aromatic rings. The minimum absolute atomic E-state index is 0.282. The predicted octanol–water partition coefficient (Wildman–Crippen LogP) is 3.47. The van der Waals surface area contributed by atoms with E-state index in [-0.39, 0.29) is 12.5 Å². The standard InChI is InChI=1S/C24H33NO7/c1-15(26)31-24-17(13-18-20(28-2)10-11-21(29-3)22(18)32-24)14-25-19(23(27)30-4)12-16-8-6-5-7-9-16/h10-11,13,16,19,24-25H,5-9,12,14H2,1-4H3/t19-,24?/m0/s1. The van der Waals surface area contributed by atoms with E-state index in [2.05, 4.69) is 5.32 Å². The van der Waals surface area contributed by atoms with Gasteiger partial charge in [0.15, 0.2) is 11.5 Å². The van der Waals surface area contributed by atoms with E-state index in [1.165, 1.54) is 33.3 Å². The van der Waals surface area contributed by atoms with Crippen molar-refractivity contribution in [2.24, 2.45) is 5.92 Å². The first-order valence-corrected chi connectivity index (χ1v) is 11.1. The maximum absolute atomic E-state index is 12.4. The lowest BCUT2D eigenvalue weighted by Crippen LogP contribution is -2.43. The molecule has 0 saturated heterocycles. The Bertz CT molecular complexity index is 845. The summed E-state index contributed by atoms with van der Waals surface area (Å²) >= 11 is 0. The lowest BCUT2D eigenvalue weighted by molar-refractivity contribution is -0.156. The molecular weight excluding hydrogens is 414 g/mol. The Morgan fingerprint density at radius 2 is 1.78 bits per heavy atom. The van der Waals surface area contributed by atoms with Crippen LogP contribution in [0.15, 0.2) is 17.7 Å². The first-order chi connectivity index (χ1) is 15.5. The van der Waals surface area contributed by atoms with E-state index in [0.717, 1.165) is 12.8 Å². The summed E-state index contributed by atoms with van der Waals surface area (Å²) in [7, 11) is 4.51. The van der Waals surface area contributed by atoms with Gasteiger partial charge in [-0.05, 0) is 30.5 Å². The summed E-state index contributed by atoms with van der Waals surface area (Å²) in [5.74, 6) is 1.27. The van der Waals surface area contributed by atoms with Crippen LogP contribution in [-0.2, 0) is 19.1 Å². The topological polar surface area (TPSA) is 92.3 Å². The minimum atomic E-state index is -0.943. The van der Waals surface area contributed by atoms with Crippen molar-refractivity contribution in [2.45, 2.75) is 57.8 Å². The van der Waals surface area contributed by atoms with Gasteiger partial charge in [-0.3, -0.25) is 9.59 Å². The molecule has 1 unspecified atom stereocenters. The molecule has 1 saturated carbocycles. The number of esters is 2. The highest BCUT2D eigenvalue weighted by molar-refractivity contribution is 5.76. The third-order valence-electron chi connectivity index (χ3n) is 6.02. The molecule has 32 heavy (non-hydrogen) atoms. The second kappa shape index (κ2) is 11.2. The van der Waals surface area contributed by atoms with Gasteiger partial charge in [-0.25, -0.2) is 0 Å². The molecule has 0 spiro atoms. The number of fused-ring (bicyclic) bond motifs is 1. The zero-order chi connectivity index (χ0) is 23.1. The van der Waals surface area contributed by atoms with Gasteiger partial charge in [-0.15, -0.1) is 0 Å². The Labute approximate surface area is 189 Å². The molecule has 8 heteroatoms. The fourth-order valence-corrected chi connectivity index (χ4v) is 4.38. The van der Waals surface area contributed by atoms with E-state index in [1.807, 2.05) is 6.08 Å². The van der Waals surface area contributed by atoms with Crippen molar-refractivity contribution in [1.82, 2.24) is 5.32 Å². The molecule has 1 fully saturated rings. The van der Waals surface area contributed by atoms with Gasteiger partial charge in [0.05, 0.1) is 26.9 Å². The maximum Gasteiger partial charge on any atom is 0.322 e. The Morgan fingerprint density at radius 3 is 2.41 bits per heavy atom. The van der Waals surface area contributed by atoms with E-state index in [4.69, 9.17) is 23.7 Å². The summed E-state index contributed by atoms with van der Waals surface area (Å²) in [6, 6.07) is 3.07. The maximum atomic E-state index is 12.4. The number of carbonyl (C=O) groups excluding carboxylic acids is 2. The van der Waals surface area contributed by atoms with Crippen LogP contribution in [0.4, 0.5) is 0 Å². The molecule has 0 radical (unpaired) electrons. The van der Waals surface area contributed by atoms with Crippen LogP contribution in [0, 0.1) is 5.92 Å². The Hall–Kier alpha value is -2.74. The van der Waals surface area contributed by atoms with Crippen LogP contribution < -0.4 is 19.5 Å². The fraction of sp³-hybridized carbons (Fsp3) is 0.583. The molecule has 0 aromatic heterocycles. The predicted molar refractivity (Wildman–Crippen MR) is 119 cm³/mol. The Kier molecular flexibility index (Phi) is 8.39. The molecule has 1 aliphatic carbocycles. The smallest absolute Gasteiger partial charge is 0.322 e. The van der Waals surface area contributed by atoms with Crippen molar-refractivity contribution in [3.05, 3.63) is 23.3 Å². The molecule has 176 valence electrons. The van der Waals surface area contributed by atoms with Crippen molar-refractivity contribution in [3.63, 3.8) is 0 Å². The molecule has 8 nitrogen and oxygen atoms in total. The first kappa shape index (κ1) is 23.9. The highest BCUT2D eigenvalue weighted by atomic mass is 16.7. The van der Waals surface area contributed by atoms with Gasteiger partial charge in [-0.1, -0.05) is 32.1 Å². The van der Waals surface area contributed by atoms with E-state index in [1.54, 1.807) is 26.4 Å². The van der Waals surface area contributed by atoms with Crippen molar-refractivity contribution in [2.75, 3.05) is 27.9 Å². The Balaban J connectivity index is 1.84. The quantitative estimate of drug-likeness (QED) is 0.576. The first-order valence-electron chi connectivity index (χ1n) is 11.1. The van der Waals surface area contributed by atoms with Gasteiger partial charge in [0, 0.05) is 19.0 Å². The van der Waals surface area contributed by atoms with Gasteiger partial charge in [0.1, 0.15) is 11.8 Å². The normalized spacial score (nSPS) is 19.1. The molecule has 2 aliphatic rings. The van der Waals surface area contributed by atoms with Crippen molar-refractivity contribution in [3.8, 4) is 17.2 Å². The summed E-state index contributed by atoms with van der Waals surface area (Å²) < 4.78 is 27.3. The molecule has 1 N–H and O–H groups in total. The van der Waals surface area contributed by atoms with Crippen molar-refractivity contribution < 1.29 is 33.3 Å². The number of hydrogen-bond acceptors (Lipinski definition) is 8. The number of carbonyl (C=O) groups is 2. The second-order valence-corrected chi connectivity index (χ2v) is 8.19. The zero-order valence-corrected chi connectivity index (χ0v) is 19.3. The number of benzene rings is 1. The summed E-state index contributed by atoms with van der Waals surface area (Å²) in [5.41, 5.74) is 1.35. The van der Waals surface area contributed by atoms with Gasteiger partial charge in [0.25, 0.3) is 6.29 Å². The van der Waals surface area contributed by atoms with Crippen molar-refractivity contribution in [1.29, 1.82) is 0 Å². The molecule has 1 heterocycles. The lowest BCUT2D eigenvalue weighted by Gasteiger charge is -2.30. The fourth-order valence-electron chi connectivity index (χ4n) is 4.38. The summed E-state index contributed by atoms with van der Waals surface area (Å²) in [4.78, 5) is 24.2. The van der Waals surface area contributed by atoms with Crippen molar-refractivity contribution >= 4 is 18.0 Å². The number of rotatable bonds is 9. The number of methoxy groups -OCH3 is 3. The largest absolute Gasteiger partial charge is 0.496 e. The summed E-state index contributed by atoms with van der Waals surface area (Å²) in [5, 5.41) is 3.30. The summed E-state index contributed by atoms with van der Waals surface area (Å²) in [6.45, 7) is 1.61. The molecule has 2 atom stereocenters. The van der Waals surface area contributed by atoms with E-state index in [0.29, 0.717) is 40.7 Å². The third-order valence-corrected chi connectivity index (χ3v) is 6.02. The Morgan fingerprint density at radius 1 is 1.09 bits per heavy atom. The second-order valence-electron chi connectivity index (χ2n) is 8.19. The van der Waals surface area contributed by atoms with Gasteiger partial charge < -0.3 is 29.0 Å². The third kappa shape index (κ3) is 5.73. The van der Waals surface area contributed by atoms with Crippen LogP contribution in [0.5, 0.6) is 17.2 Å². The molecule has 1 aromatic carbocycles. The van der Waals surface area contributed by atoms with E-state index in [9.17, 15) is 9.59 Å². The lowest BCUT2D eigenvalue weighted by atomic mass is 9.84. The average Bonchev–Trinajstić information content (AvgIpc) is 2.80. The van der Waals surface area contributed by atoms with Crippen LogP contribution in [-0.4, -0.2) is 52.1 Å². The van der Waals surface area contributed by atoms with Gasteiger partial charge in [-0.2, -0.15) is 0 Å². The van der Waals surface area contributed by atoms with E-state index >= 15 is 0 Å². The van der Waals surface area contributed by atoms with Crippen LogP contribution in [0.3, 0.4) is 0 Å².